The molecule has 0 aromatic carbocycles. The van der Waals surface area contributed by atoms with Gasteiger partial charge in [-0.15, -0.1) is 0 Å². The van der Waals surface area contributed by atoms with E-state index in [-0.39, 0.29) is 23.9 Å². The molecule has 0 amide bonds. The predicted molar refractivity (Wildman–Crippen MR) is 345 cm³/mol. The van der Waals surface area contributed by atoms with Crippen molar-refractivity contribution in [3.8, 4) is 0 Å². The highest BCUT2D eigenvalue weighted by atomic mass is 33.1. The monoisotopic (exact) mass is 1210 g/mol. The van der Waals surface area contributed by atoms with Gasteiger partial charge in [0.15, 0.2) is 13.1 Å². The summed E-state index contributed by atoms with van der Waals surface area (Å²) in [6, 6.07) is 0. The zero-order valence-corrected chi connectivity index (χ0v) is 55.8. The molecule has 462 valence electrons. The molecule has 0 saturated heterocycles. The van der Waals surface area contributed by atoms with Crippen LogP contribution in [0.5, 0.6) is 0 Å². The maximum atomic E-state index is 12.6. The molecule has 78 heavy (non-hydrogen) atoms. The molecule has 0 N–H and O–H groups in total. The molecule has 10 nitrogen and oxygen atoms in total. The number of rotatable bonds is 65. The van der Waals surface area contributed by atoms with Crippen molar-refractivity contribution in [3.05, 3.63) is 0 Å². The molecule has 0 aromatic heterocycles. The SMILES string of the molecule is CCCCCCCCCCCOC(=O)CCSP(OCCCCCCOP(SCCC(=O)OCCCCCCCCCCC)SCCC(=O)OCCCCCCCCCCC)SCCC(=O)OCCCCCCCCCCC. The summed E-state index contributed by atoms with van der Waals surface area (Å²) in [7, 11) is 0. The van der Waals surface area contributed by atoms with E-state index >= 15 is 0 Å². The molecule has 0 rings (SSSR count). The number of hydrogen-bond donors (Lipinski definition) is 0. The lowest BCUT2D eigenvalue weighted by Gasteiger charge is -2.17. The standard InChI is InChI=1S/C62H120O10P2S4/c1-5-9-13-17-21-25-29-33-39-49-67-59(63)45-55-75-73(76-56-46-60(64)68-50-40-34-30-26-22-18-14-10-6-2)71-53-43-37-38-44-54-72-74(77-57-47-61(65)69-51-41-35-31-27-23-19-15-11-7-3)78-58-48-62(66)70-52-42-36-32-28-24-20-16-12-8-4/h5-58H2,1-4H3. The minimum absolute atomic E-state index is 0.144. The number of carbonyl (C=O) groups is 4. The number of esters is 4. The van der Waals surface area contributed by atoms with E-state index in [2.05, 4.69) is 27.7 Å². The topological polar surface area (TPSA) is 124 Å². The van der Waals surface area contributed by atoms with Crippen LogP contribution in [0.2, 0.25) is 0 Å². The summed E-state index contributed by atoms with van der Waals surface area (Å²) in [5.74, 6) is 1.96. The van der Waals surface area contributed by atoms with Gasteiger partial charge in [0.25, 0.3) is 0 Å². The molecule has 0 aromatic rings. The van der Waals surface area contributed by atoms with Crippen molar-refractivity contribution in [2.75, 3.05) is 62.7 Å². The van der Waals surface area contributed by atoms with Gasteiger partial charge in [-0.25, -0.2) is 0 Å². The first-order valence-corrected chi connectivity index (χ1v) is 41.2. The highest BCUT2D eigenvalue weighted by molar-refractivity contribution is 8.87. The van der Waals surface area contributed by atoms with Gasteiger partial charge in [0, 0.05) is 23.0 Å². The molecule has 0 atom stereocenters. The summed E-state index contributed by atoms with van der Waals surface area (Å²) in [6.07, 6.45) is 49.7. The highest BCUT2D eigenvalue weighted by Gasteiger charge is 2.17. The zero-order valence-electron chi connectivity index (χ0n) is 50.8. The van der Waals surface area contributed by atoms with Crippen molar-refractivity contribution < 1.29 is 47.2 Å². The van der Waals surface area contributed by atoms with E-state index in [1.54, 1.807) is 45.5 Å². The van der Waals surface area contributed by atoms with E-state index in [1.165, 1.54) is 180 Å². The molecule has 0 saturated carbocycles. The lowest BCUT2D eigenvalue weighted by Crippen LogP contribution is -2.07. The number of carbonyl (C=O) groups excluding carboxylic acids is 4. The zero-order chi connectivity index (χ0) is 56.7. The van der Waals surface area contributed by atoms with Crippen LogP contribution in [0.15, 0.2) is 0 Å². The van der Waals surface area contributed by atoms with Gasteiger partial charge in [0.05, 0.1) is 65.3 Å². The van der Waals surface area contributed by atoms with Crippen LogP contribution in [0.25, 0.3) is 0 Å². The Hall–Kier alpha value is 0.0600. The van der Waals surface area contributed by atoms with Crippen molar-refractivity contribution in [1.29, 1.82) is 0 Å². The van der Waals surface area contributed by atoms with Crippen molar-refractivity contribution >= 4 is 82.5 Å². The first kappa shape index (κ1) is 78.1. The lowest BCUT2D eigenvalue weighted by atomic mass is 10.1. The largest absolute Gasteiger partial charge is 0.466 e. The first-order valence-electron chi connectivity index (χ1n) is 32.4. The summed E-state index contributed by atoms with van der Waals surface area (Å²) in [5, 5.41) is 0. The number of hydrogen-bond acceptors (Lipinski definition) is 14. The average molecular weight is 1220 g/mol. The summed E-state index contributed by atoms with van der Waals surface area (Å²) < 4.78 is 35.1. The second-order valence-corrected chi connectivity index (χ2v) is 33.6. The smallest absolute Gasteiger partial charge is 0.306 e. The molecule has 0 radical (unpaired) electrons. The molecule has 0 bridgehead atoms. The van der Waals surface area contributed by atoms with E-state index in [0.29, 0.717) is 88.3 Å². The maximum absolute atomic E-state index is 12.6. The Morgan fingerprint density at radius 2 is 0.410 bits per heavy atom. The van der Waals surface area contributed by atoms with E-state index < -0.39 is 13.1 Å². The van der Waals surface area contributed by atoms with Gasteiger partial charge in [-0.2, -0.15) is 0 Å². The lowest BCUT2D eigenvalue weighted by molar-refractivity contribution is -0.144. The third-order valence-electron chi connectivity index (χ3n) is 13.5. The number of ether oxygens (including phenoxy) is 4. The minimum atomic E-state index is -0.933. The van der Waals surface area contributed by atoms with Crippen LogP contribution in [0.1, 0.15) is 310 Å². The Kier molecular flexibility index (Phi) is 66.3. The molecule has 0 unspecified atom stereocenters. The van der Waals surface area contributed by atoms with Gasteiger partial charge < -0.3 is 28.0 Å². The van der Waals surface area contributed by atoms with E-state index in [1.807, 2.05) is 0 Å². The van der Waals surface area contributed by atoms with Crippen LogP contribution < -0.4 is 0 Å². The Labute approximate surface area is 499 Å². The molecular formula is C62H120O10P2S4. The molecule has 0 fully saturated rings. The first-order chi connectivity index (χ1) is 38.4. The summed E-state index contributed by atoms with van der Waals surface area (Å²) in [4.78, 5) is 50.4. The summed E-state index contributed by atoms with van der Waals surface area (Å²) in [5.41, 5.74) is 0. The minimum Gasteiger partial charge on any atom is -0.466 e. The van der Waals surface area contributed by atoms with Gasteiger partial charge in [-0.3, -0.25) is 19.2 Å². The molecule has 0 heterocycles. The second kappa shape index (κ2) is 66.2. The van der Waals surface area contributed by atoms with Crippen LogP contribution >= 0.6 is 58.6 Å². The van der Waals surface area contributed by atoms with Crippen molar-refractivity contribution in [2.45, 2.75) is 310 Å². The molecule has 0 aliphatic heterocycles. The quantitative estimate of drug-likeness (QED) is 0.0248. The van der Waals surface area contributed by atoms with Crippen LogP contribution in [0, 0.1) is 0 Å². The Balaban J connectivity index is 4.86. The van der Waals surface area contributed by atoms with Gasteiger partial charge in [-0.1, -0.05) is 292 Å². The Morgan fingerprint density at radius 3 is 0.603 bits per heavy atom. The fourth-order valence-corrected chi connectivity index (χ4v) is 20.3. The van der Waals surface area contributed by atoms with Gasteiger partial charge in [-0.05, 0) is 38.5 Å². The maximum Gasteiger partial charge on any atom is 0.306 e. The van der Waals surface area contributed by atoms with Crippen LogP contribution in [-0.4, -0.2) is 86.5 Å². The van der Waals surface area contributed by atoms with Crippen molar-refractivity contribution in [1.82, 2.24) is 0 Å². The van der Waals surface area contributed by atoms with Crippen LogP contribution in [0.4, 0.5) is 0 Å². The normalized spacial score (nSPS) is 11.5. The molecular weight excluding hydrogens is 1090 g/mol. The van der Waals surface area contributed by atoms with Gasteiger partial charge in [0.1, 0.15) is 0 Å². The number of unbranched alkanes of at least 4 members (excludes halogenated alkanes) is 35. The molecule has 0 aliphatic rings. The Morgan fingerprint density at radius 1 is 0.244 bits per heavy atom. The summed E-state index contributed by atoms with van der Waals surface area (Å²) >= 11 is 6.71. The summed E-state index contributed by atoms with van der Waals surface area (Å²) in [6.45, 7) is 10.4. The molecule has 0 spiro atoms. The van der Waals surface area contributed by atoms with E-state index in [4.69, 9.17) is 28.0 Å². The van der Waals surface area contributed by atoms with E-state index in [9.17, 15) is 19.2 Å². The fraction of sp³-hybridized carbons (Fsp3) is 0.935. The average Bonchev–Trinajstić information content (AvgIpc) is 3.43. The second-order valence-electron chi connectivity index (χ2n) is 21.1. The van der Waals surface area contributed by atoms with Crippen molar-refractivity contribution in [3.63, 3.8) is 0 Å². The van der Waals surface area contributed by atoms with Crippen LogP contribution in [0.3, 0.4) is 0 Å². The Bertz CT molecular complexity index is 1120. The highest BCUT2D eigenvalue weighted by Crippen LogP contribution is 2.63. The molecule has 16 heteroatoms. The van der Waals surface area contributed by atoms with Gasteiger partial charge >= 0.3 is 23.9 Å². The van der Waals surface area contributed by atoms with Crippen LogP contribution in [-0.2, 0) is 47.2 Å². The third kappa shape index (κ3) is 62.1. The predicted octanol–water partition coefficient (Wildman–Crippen LogP) is 21.8. The van der Waals surface area contributed by atoms with Gasteiger partial charge in [0.2, 0.25) is 0 Å². The van der Waals surface area contributed by atoms with E-state index in [0.717, 1.165) is 77.0 Å². The fourth-order valence-electron chi connectivity index (χ4n) is 8.56. The molecule has 0 aliphatic carbocycles. The van der Waals surface area contributed by atoms with Crippen molar-refractivity contribution in [2.24, 2.45) is 0 Å². The third-order valence-corrected chi connectivity index (χ3v) is 26.4.